The number of rotatable bonds is 6. The van der Waals surface area contributed by atoms with Crippen LogP contribution in [0.3, 0.4) is 0 Å². The Balaban J connectivity index is 2.15. The van der Waals surface area contributed by atoms with Crippen molar-refractivity contribution >= 4 is 44.2 Å². The average Bonchev–Trinajstić information content (AvgIpc) is 2.55. The smallest absolute Gasteiger partial charge is 0.242 e. The van der Waals surface area contributed by atoms with Crippen LogP contribution in [0.1, 0.15) is 13.3 Å². The van der Waals surface area contributed by atoms with Crippen molar-refractivity contribution in [1.29, 1.82) is 0 Å². The van der Waals surface area contributed by atoms with Gasteiger partial charge in [0.1, 0.15) is 17.7 Å². The van der Waals surface area contributed by atoms with Crippen molar-refractivity contribution in [3.05, 3.63) is 57.7 Å². The largest absolute Gasteiger partial charge is 0.322 e. The number of nitrogens with one attached hydrogen (secondary N) is 2. The maximum absolute atomic E-state index is 13.8. The van der Waals surface area contributed by atoms with E-state index in [9.17, 15) is 22.0 Å². The number of anilines is 1. The lowest BCUT2D eigenvalue weighted by Crippen LogP contribution is -2.43. The van der Waals surface area contributed by atoms with Gasteiger partial charge in [0.2, 0.25) is 15.9 Å². The summed E-state index contributed by atoms with van der Waals surface area (Å²) in [5, 5.41) is 2.37. The molecule has 1 amide bonds. The number of hydrogen-bond acceptors (Lipinski definition) is 3. The fourth-order valence-corrected chi connectivity index (χ4v) is 3.73. The predicted octanol–water partition coefficient (Wildman–Crippen LogP) is 3.27. The molecule has 0 radical (unpaired) electrons. The molecule has 2 aromatic rings. The highest BCUT2D eigenvalue weighted by Gasteiger charge is 2.25. The molecule has 0 bridgehead atoms. The molecule has 5 nitrogen and oxygen atoms in total. The van der Waals surface area contributed by atoms with Crippen LogP contribution in [0.15, 0.2) is 47.4 Å². The van der Waals surface area contributed by atoms with Crippen LogP contribution in [0.4, 0.5) is 14.5 Å². The van der Waals surface area contributed by atoms with Crippen LogP contribution in [0, 0.1) is 15.2 Å². The van der Waals surface area contributed by atoms with Gasteiger partial charge in [-0.05, 0) is 71.5 Å². The maximum atomic E-state index is 13.8. The highest BCUT2D eigenvalue weighted by atomic mass is 127. The van der Waals surface area contributed by atoms with E-state index in [0.29, 0.717) is 3.57 Å². The lowest BCUT2D eigenvalue weighted by Gasteiger charge is -2.17. The maximum Gasteiger partial charge on any atom is 0.242 e. The molecular formula is C16H15F2IN2O3S. The van der Waals surface area contributed by atoms with Crippen molar-refractivity contribution in [2.24, 2.45) is 0 Å². The summed E-state index contributed by atoms with van der Waals surface area (Å²) >= 11 is 1.93. The Labute approximate surface area is 158 Å². The first-order valence-electron chi connectivity index (χ1n) is 7.26. The molecule has 134 valence electrons. The van der Waals surface area contributed by atoms with E-state index in [0.717, 1.165) is 24.3 Å². The van der Waals surface area contributed by atoms with Crippen LogP contribution in [0.5, 0.6) is 0 Å². The molecule has 0 saturated carbocycles. The minimum absolute atomic E-state index is 0.0372. The molecule has 1 unspecified atom stereocenters. The van der Waals surface area contributed by atoms with Gasteiger partial charge in [-0.15, -0.1) is 0 Å². The molecule has 2 N–H and O–H groups in total. The van der Waals surface area contributed by atoms with E-state index >= 15 is 0 Å². The molecule has 0 saturated heterocycles. The molecule has 2 rings (SSSR count). The number of halogens is 3. The lowest BCUT2D eigenvalue weighted by molar-refractivity contribution is -0.117. The standard InChI is InChI=1S/C16H15F2IN2O3S/c1-2-14(16(22)20-15-8-5-11(19)9-13(15)18)21-25(23,24)12-6-3-10(17)4-7-12/h3-9,14,21H,2H2,1H3,(H,20,22). The van der Waals surface area contributed by atoms with Gasteiger partial charge in [0.25, 0.3) is 0 Å². The van der Waals surface area contributed by atoms with E-state index in [4.69, 9.17) is 0 Å². The van der Waals surface area contributed by atoms with Crippen molar-refractivity contribution in [2.75, 3.05) is 5.32 Å². The zero-order valence-corrected chi connectivity index (χ0v) is 16.1. The molecule has 0 aliphatic rings. The van der Waals surface area contributed by atoms with Crippen LogP contribution in [-0.4, -0.2) is 20.4 Å². The molecule has 0 aliphatic heterocycles. The normalized spacial score (nSPS) is 12.6. The van der Waals surface area contributed by atoms with Crippen molar-refractivity contribution in [2.45, 2.75) is 24.3 Å². The first-order chi connectivity index (χ1) is 11.7. The Morgan fingerprint density at radius 3 is 2.36 bits per heavy atom. The SMILES string of the molecule is CCC(NS(=O)(=O)c1ccc(F)cc1)C(=O)Nc1ccc(I)cc1F. The number of sulfonamides is 1. The first kappa shape index (κ1) is 19.7. The summed E-state index contributed by atoms with van der Waals surface area (Å²) in [4.78, 5) is 12.1. The summed E-state index contributed by atoms with van der Waals surface area (Å²) in [6, 6.07) is 7.38. The molecular weight excluding hydrogens is 465 g/mol. The molecule has 1 atom stereocenters. The third kappa shape index (κ3) is 5.19. The fourth-order valence-electron chi connectivity index (χ4n) is 2.00. The second kappa shape index (κ2) is 8.19. The number of amides is 1. The van der Waals surface area contributed by atoms with Gasteiger partial charge in [-0.3, -0.25) is 4.79 Å². The van der Waals surface area contributed by atoms with Gasteiger partial charge >= 0.3 is 0 Å². The van der Waals surface area contributed by atoms with Gasteiger partial charge in [0.05, 0.1) is 10.6 Å². The van der Waals surface area contributed by atoms with Gasteiger partial charge < -0.3 is 5.32 Å². The van der Waals surface area contributed by atoms with Gasteiger partial charge in [-0.1, -0.05) is 6.92 Å². The Hall–Kier alpha value is -1.59. The molecule has 0 aliphatic carbocycles. The second-order valence-electron chi connectivity index (χ2n) is 5.15. The van der Waals surface area contributed by atoms with Gasteiger partial charge in [0, 0.05) is 3.57 Å². The number of carbonyl (C=O) groups is 1. The first-order valence-corrected chi connectivity index (χ1v) is 9.83. The second-order valence-corrected chi connectivity index (χ2v) is 8.11. The molecule has 0 spiro atoms. The Kier molecular flexibility index (Phi) is 6.47. The Morgan fingerprint density at radius 2 is 1.80 bits per heavy atom. The molecule has 9 heteroatoms. The third-order valence-corrected chi connectivity index (χ3v) is 5.49. The topological polar surface area (TPSA) is 75.3 Å². The van der Waals surface area contributed by atoms with Crippen molar-refractivity contribution in [1.82, 2.24) is 4.72 Å². The molecule has 0 fully saturated rings. The van der Waals surface area contributed by atoms with E-state index in [2.05, 4.69) is 10.0 Å². The van der Waals surface area contributed by atoms with Crippen LogP contribution in [0.2, 0.25) is 0 Å². The Bertz CT molecular complexity index is 873. The zero-order valence-electron chi connectivity index (χ0n) is 13.1. The monoisotopic (exact) mass is 480 g/mol. The summed E-state index contributed by atoms with van der Waals surface area (Å²) in [6.07, 6.45) is 0.151. The molecule has 0 heterocycles. The van der Waals surface area contributed by atoms with Gasteiger partial charge in [0.15, 0.2) is 0 Å². The zero-order chi connectivity index (χ0) is 18.6. The summed E-state index contributed by atoms with van der Waals surface area (Å²) in [7, 11) is -4.01. The van der Waals surface area contributed by atoms with E-state index in [1.54, 1.807) is 13.0 Å². The van der Waals surface area contributed by atoms with Crippen LogP contribution in [0.25, 0.3) is 0 Å². The summed E-state index contributed by atoms with van der Waals surface area (Å²) < 4.78 is 54.2. The molecule has 25 heavy (non-hydrogen) atoms. The van der Waals surface area contributed by atoms with Gasteiger partial charge in [-0.25, -0.2) is 17.2 Å². The van der Waals surface area contributed by atoms with E-state index in [-0.39, 0.29) is 17.0 Å². The minimum atomic E-state index is -4.01. The molecule has 0 aromatic heterocycles. The highest BCUT2D eigenvalue weighted by Crippen LogP contribution is 2.18. The highest BCUT2D eigenvalue weighted by molar-refractivity contribution is 14.1. The Morgan fingerprint density at radius 1 is 1.16 bits per heavy atom. The summed E-state index contributed by atoms with van der Waals surface area (Å²) in [6.45, 7) is 1.61. The van der Waals surface area contributed by atoms with E-state index < -0.39 is 33.6 Å². The lowest BCUT2D eigenvalue weighted by atomic mass is 10.2. The van der Waals surface area contributed by atoms with Crippen LogP contribution >= 0.6 is 22.6 Å². The fraction of sp³-hybridized carbons (Fsp3) is 0.188. The molecule has 2 aromatic carbocycles. The van der Waals surface area contributed by atoms with Crippen molar-refractivity contribution < 1.29 is 22.0 Å². The predicted molar refractivity (Wildman–Crippen MR) is 98.5 cm³/mol. The number of hydrogen-bond donors (Lipinski definition) is 2. The number of benzene rings is 2. The average molecular weight is 480 g/mol. The van der Waals surface area contributed by atoms with Gasteiger partial charge in [-0.2, -0.15) is 4.72 Å². The minimum Gasteiger partial charge on any atom is -0.322 e. The quantitative estimate of drug-likeness (QED) is 0.624. The van der Waals surface area contributed by atoms with E-state index in [1.807, 2.05) is 22.6 Å². The van der Waals surface area contributed by atoms with Crippen molar-refractivity contribution in [3.8, 4) is 0 Å². The van der Waals surface area contributed by atoms with Crippen LogP contribution < -0.4 is 10.0 Å². The third-order valence-electron chi connectivity index (χ3n) is 3.34. The van der Waals surface area contributed by atoms with Crippen LogP contribution in [-0.2, 0) is 14.8 Å². The number of carbonyl (C=O) groups excluding carboxylic acids is 1. The van der Waals surface area contributed by atoms with Crippen molar-refractivity contribution in [3.63, 3.8) is 0 Å². The summed E-state index contributed by atoms with van der Waals surface area (Å²) in [5.41, 5.74) is -0.0372. The summed E-state index contributed by atoms with van der Waals surface area (Å²) in [5.74, 6) is -1.87. The van der Waals surface area contributed by atoms with E-state index in [1.165, 1.54) is 12.1 Å².